The average Bonchev–Trinajstić information content (AvgIpc) is 0.893. The highest BCUT2D eigenvalue weighted by atomic mass is 16.6. The summed E-state index contributed by atoms with van der Waals surface area (Å²) in [6, 6.07) is -7.90. The number of fused-ring (bicyclic) bond motifs is 4. The van der Waals surface area contributed by atoms with Gasteiger partial charge in [-0.15, -0.1) is 0 Å². The number of carbonyl (C=O) groups excluding carboxylic acids is 12. The van der Waals surface area contributed by atoms with Crippen molar-refractivity contribution in [1.82, 2.24) is 55.7 Å². The van der Waals surface area contributed by atoms with E-state index in [4.69, 9.17) is 24.6 Å². The van der Waals surface area contributed by atoms with Gasteiger partial charge >= 0.3 is 11.9 Å². The molecule has 1 aliphatic carbocycles. The number of nitrogens with one attached hydrogen (secondary N) is 4. The Labute approximate surface area is 522 Å². The monoisotopic (exact) mass is 1250 g/mol. The molecule has 0 saturated carbocycles. The number of rotatable bonds is 8. The molecule has 6 aliphatic rings. The Morgan fingerprint density at radius 3 is 1.44 bits per heavy atom. The van der Waals surface area contributed by atoms with Crippen LogP contribution in [-0.2, 0) is 57.4 Å². The molecule has 28 nitrogen and oxygen atoms in total. The zero-order chi connectivity index (χ0) is 67.0. The smallest absolute Gasteiger partial charge is 0.329 e. The van der Waals surface area contributed by atoms with Gasteiger partial charge in [0.1, 0.15) is 71.8 Å². The van der Waals surface area contributed by atoms with Crippen molar-refractivity contribution >= 4 is 87.8 Å². The Hall–Kier alpha value is -8.72. The number of aromatic nitrogens is 1. The Kier molecular flexibility index (Phi) is 21.1. The Bertz CT molecular complexity index is 3420. The van der Waals surface area contributed by atoms with Crippen LogP contribution in [0.2, 0.25) is 0 Å². The van der Waals surface area contributed by atoms with E-state index in [1.807, 2.05) is 0 Å². The first-order chi connectivity index (χ1) is 42.1. The number of esters is 2. The number of anilines is 1. The van der Waals surface area contributed by atoms with Gasteiger partial charge in [0.05, 0.1) is 29.9 Å². The molecule has 490 valence electrons. The molecule has 0 spiro atoms. The molecule has 8 unspecified atom stereocenters. The van der Waals surface area contributed by atoms with Gasteiger partial charge in [-0.3, -0.25) is 52.7 Å². The third kappa shape index (κ3) is 13.7. The molecule has 1 aromatic carbocycles. The van der Waals surface area contributed by atoms with Crippen LogP contribution in [0.15, 0.2) is 21.3 Å². The topological polar surface area (TPSA) is 360 Å². The van der Waals surface area contributed by atoms with Crippen molar-refractivity contribution in [3.8, 4) is 11.5 Å². The van der Waals surface area contributed by atoms with E-state index in [2.05, 4.69) is 21.3 Å². The van der Waals surface area contributed by atoms with Gasteiger partial charge in [0.2, 0.25) is 52.7 Å². The van der Waals surface area contributed by atoms with Crippen LogP contribution in [-0.4, -0.2) is 220 Å². The molecule has 0 bridgehead atoms. The summed E-state index contributed by atoms with van der Waals surface area (Å²) in [5, 5.41) is 10.7. The summed E-state index contributed by atoms with van der Waals surface area (Å²) in [4.78, 5) is 199. The molecule has 5 heterocycles. The summed E-state index contributed by atoms with van der Waals surface area (Å²) in [7, 11) is 5.59. The molecule has 5 aliphatic heterocycles. The van der Waals surface area contributed by atoms with Crippen molar-refractivity contribution in [1.29, 1.82) is 0 Å². The molecular formula is C62H86N12O16. The van der Waals surface area contributed by atoms with Gasteiger partial charge in [0.25, 0.3) is 11.8 Å². The SMILES string of the molecule is Cc1c2oc3c(C)ccc(C(=O)NC4C(=O)N[C@@H](C(C)C)C(=O)N5CCCC5C(=O)N(C)CC(=O)N(C)C(C(C)C)C(=O)OC4C)c3nc-2c(C(=O)NC2C(=O)N[C@H](C(C)C)C(=O)N3CCCC3C(=O)N(C)CC(=O)N(C)C(C(C)C)C(=O)OC2C)c(N)c1=O. The Morgan fingerprint density at radius 1 is 0.611 bits per heavy atom. The third-order valence-electron chi connectivity index (χ3n) is 17.5. The van der Waals surface area contributed by atoms with Crippen LogP contribution in [0.3, 0.4) is 0 Å². The number of nitrogens with zero attached hydrogens (tertiary/aromatic N) is 7. The number of benzene rings is 2. The minimum Gasteiger partial charge on any atom is -0.458 e. The molecule has 7 rings (SSSR count). The van der Waals surface area contributed by atoms with Crippen molar-refractivity contribution in [3.63, 3.8) is 0 Å². The standard InChI is InChI=1S/C62H86N12O16/c1-27(2)42-59(84)73-23-17-19-36(73)57(82)69(13)25-38(75)71(15)48(29(5)6)61(86)88-33(11)44(55(80)65-42)67-53(78)35-22-21-31(9)51-46(35)64-47-40(41(63)50(77)32(10)52(47)90-51)54(79)68-45-34(12)89-62(87)49(30(7)8)72(16)39(76)26-70(14)58(83)37-20-18-24-74(37)60(85)43(28(3)4)66-56(45)81/h21-22,27-30,33-34,36-37,42-45,48-49H,17-20,23-26,63H2,1-16H3,(H,65,80)(H,66,81)(H,67,78)(H,68,79)/t33?,34?,36?,37?,42-,43+,44?,45?,48?,49?/m0/s1. The minimum absolute atomic E-state index is 0.0763. The summed E-state index contributed by atoms with van der Waals surface area (Å²) < 4.78 is 18.3. The van der Waals surface area contributed by atoms with E-state index in [0.717, 1.165) is 9.80 Å². The van der Waals surface area contributed by atoms with E-state index in [9.17, 15) is 52.7 Å². The van der Waals surface area contributed by atoms with E-state index < -0.39 is 191 Å². The molecule has 0 aromatic heterocycles. The lowest BCUT2D eigenvalue weighted by atomic mass is 9.98. The lowest BCUT2D eigenvalue weighted by Crippen LogP contribution is -2.61. The van der Waals surface area contributed by atoms with Crippen molar-refractivity contribution < 1.29 is 71.4 Å². The van der Waals surface area contributed by atoms with Gasteiger partial charge in [-0.1, -0.05) is 61.5 Å². The maximum atomic E-state index is 15.2. The van der Waals surface area contributed by atoms with E-state index in [1.165, 1.54) is 80.7 Å². The predicted molar refractivity (Wildman–Crippen MR) is 325 cm³/mol. The van der Waals surface area contributed by atoms with Gasteiger partial charge < -0.3 is 70.3 Å². The number of nitrogens with two attached hydrogens (primary N) is 1. The molecular weight excluding hydrogens is 1170 g/mol. The quantitative estimate of drug-likeness (QED) is 0.118. The third-order valence-corrected chi connectivity index (χ3v) is 17.5. The van der Waals surface area contributed by atoms with Crippen LogP contribution in [0.5, 0.6) is 0 Å². The van der Waals surface area contributed by atoms with Crippen LogP contribution >= 0.6 is 0 Å². The maximum Gasteiger partial charge on any atom is 0.329 e. The van der Waals surface area contributed by atoms with Gasteiger partial charge in [-0.05, 0) is 88.7 Å². The fourth-order valence-corrected chi connectivity index (χ4v) is 12.3. The molecule has 4 fully saturated rings. The first-order valence-corrected chi connectivity index (χ1v) is 30.5. The number of ether oxygens (including phenoxy) is 2. The molecule has 1 aromatic rings. The highest BCUT2D eigenvalue weighted by Gasteiger charge is 2.46. The van der Waals surface area contributed by atoms with E-state index >= 15 is 9.59 Å². The van der Waals surface area contributed by atoms with Gasteiger partial charge in [-0.25, -0.2) is 14.6 Å². The lowest BCUT2D eigenvalue weighted by molar-refractivity contribution is -0.163. The predicted octanol–water partition coefficient (Wildman–Crippen LogP) is 0.726. The molecule has 10 atom stereocenters. The largest absolute Gasteiger partial charge is 0.458 e. The van der Waals surface area contributed by atoms with Crippen molar-refractivity contribution in [2.45, 2.75) is 169 Å². The van der Waals surface area contributed by atoms with Crippen LogP contribution in [0.25, 0.3) is 22.6 Å². The number of cyclic esters (lactones) is 2. The second kappa shape index (κ2) is 27.6. The molecule has 28 heteroatoms. The first-order valence-electron chi connectivity index (χ1n) is 30.5. The van der Waals surface area contributed by atoms with Gasteiger partial charge in [-0.2, -0.15) is 0 Å². The number of hydrogen-bond donors (Lipinski definition) is 5. The van der Waals surface area contributed by atoms with E-state index in [-0.39, 0.29) is 53.9 Å². The van der Waals surface area contributed by atoms with Crippen molar-refractivity contribution in [3.05, 3.63) is 44.6 Å². The second-order valence-corrected chi connectivity index (χ2v) is 25.5. The number of aryl methyl sites for hydroxylation is 1. The van der Waals surface area contributed by atoms with Crippen LogP contribution in [0.4, 0.5) is 5.69 Å². The number of nitrogen functional groups attached to an aromatic ring is 1. The van der Waals surface area contributed by atoms with Crippen LogP contribution in [0.1, 0.15) is 127 Å². The zero-order valence-electron chi connectivity index (χ0n) is 54.1. The van der Waals surface area contributed by atoms with E-state index in [0.29, 0.717) is 18.4 Å². The summed E-state index contributed by atoms with van der Waals surface area (Å²) in [6.07, 6.45) is -1.65. The summed E-state index contributed by atoms with van der Waals surface area (Å²) >= 11 is 0. The van der Waals surface area contributed by atoms with Crippen LogP contribution < -0.4 is 32.4 Å². The first kappa shape index (κ1) is 68.8. The van der Waals surface area contributed by atoms with Crippen molar-refractivity contribution in [2.24, 2.45) is 23.7 Å². The Balaban J connectivity index is 1.32. The molecule has 4 saturated heterocycles. The maximum absolute atomic E-state index is 15.2. The minimum atomic E-state index is -1.88. The summed E-state index contributed by atoms with van der Waals surface area (Å²) in [5.41, 5.74) is 3.57. The highest BCUT2D eigenvalue weighted by Crippen LogP contribution is 2.35. The lowest BCUT2D eigenvalue weighted by Gasteiger charge is -2.36. The number of hydrogen-bond acceptors (Lipinski definition) is 18. The van der Waals surface area contributed by atoms with E-state index in [1.54, 1.807) is 62.3 Å². The molecule has 0 radical (unpaired) electrons. The Morgan fingerprint density at radius 2 is 1.03 bits per heavy atom. The van der Waals surface area contributed by atoms with Gasteiger partial charge in [0, 0.05) is 46.8 Å². The summed E-state index contributed by atoms with van der Waals surface area (Å²) in [5.74, 6) is -12.4. The fraction of sp³-hybridized carbons (Fsp3) is 0.613. The summed E-state index contributed by atoms with van der Waals surface area (Å²) in [6.45, 7) is 18.4. The number of carbonyl (C=O) groups is 12. The van der Waals surface area contributed by atoms with Crippen LogP contribution in [0, 0.1) is 37.5 Å². The van der Waals surface area contributed by atoms with Crippen molar-refractivity contribution in [2.75, 3.05) is 60.1 Å². The molecule has 90 heavy (non-hydrogen) atoms. The molecule has 10 amide bonds. The molecule has 6 N–H and O–H groups in total. The van der Waals surface area contributed by atoms with Gasteiger partial charge in [0.15, 0.2) is 11.3 Å². The average molecular weight is 1260 g/mol. The normalized spacial score (nSPS) is 26.2. The zero-order valence-corrected chi connectivity index (χ0v) is 54.1. The highest BCUT2D eigenvalue weighted by molar-refractivity contribution is 6.10. The number of amides is 10. The number of likely N-dealkylation sites (N-methyl/N-ethyl adjacent to an activating group) is 4. The fourth-order valence-electron chi connectivity index (χ4n) is 12.3. The second-order valence-electron chi connectivity index (χ2n) is 25.5.